The highest BCUT2D eigenvalue weighted by Crippen LogP contribution is 2.25. The van der Waals surface area contributed by atoms with Gasteiger partial charge in [0.25, 0.3) is 0 Å². The van der Waals surface area contributed by atoms with E-state index in [4.69, 9.17) is 20.1 Å². The third-order valence-corrected chi connectivity index (χ3v) is 2.75. The first-order valence-corrected chi connectivity index (χ1v) is 5.83. The van der Waals surface area contributed by atoms with Gasteiger partial charge >= 0.3 is 5.97 Å². The van der Waals surface area contributed by atoms with E-state index >= 15 is 0 Å². The van der Waals surface area contributed by atoms with Crippen LogP contribution in [0.15, 0.2) is 18.2 Å². The minimum absolute atomic E-state index is 0.0463. The Hall–Kier alpha value is -1.75. The van der Waals surface area contributed by atoms with Gasteiger partial charge in [-0.3, -0.25) is 0 Å². The van der Waals surface area contributed by atoms with E-state index in [2.05, 4.69) is 0 Å². The predicted molar refractivity (Wildman–Crippen MR) is 66.1 cm³/mol. The molecule has 3 N–H and O–H groups in total. The van der Waals surface area contributed by atoms with Gasteiger partial charge in [0.1, 0.15) is 0 Å². The lowest BCUT2D eigenvalue weighted by Crippen LogP contribution is -1.96. The molecule has 2 rings (SSSR count). The topological polar surface area (TPSA) is 87.0 Å². The molecule has 0 aliphatic heterocycles. The van der Waals surface area contributed by atoms with E-state index in [1.54, 1.807) is 0 Å². The molecule has 100 valence electrons. The molecule has 0 radical (unpaired) electrons. The maximum Gasteiger partial charge on any atom is 0.335 e. The van der Waals surface area contributed by atoms with Crippen molar-refractivity contribution in [3.63, 3.8) is 0 Å². The van der Waals surface area contributed by atoms with E-state index in [1.807, 2.05) is 0 Å². The summed E-state index contributed by atoms with van der Waals surface area (Å²) in [5.41, 5.74) is 0.0876. The zero-order valence-corrected chi connectivity index (χ0v) is 10.3. The van der Waals surface area contributed by atoms with Crippen molar-refractivity contribution in [2.75, 3.05) is 7.11 Å². The number of ether oxygens (including phenoxy) is 1. The fourth-order valence-electron chi connectivity index (χ4n) is 1.71. The summed E-state index contributed by atoms with van der Waals surface area (Å²) in [7, 11) is 1.36. The van der Waals surface area contributed by atoms with Gasteiger partial charge < -0.3 is 20.1 Å². The predicted octanol–water partition coefficient (Wildman–Crippen LogP) is 2.02. The summed E-state index contributed by atoms with van der Waals surface area (Å²) in [5.74, 6) is -0.953. The molecule has 0 spiro atoms. The molecule has 0 unspecified atom stereocenters. The first kappa shape index (κ1) is 14.3. The van der Waals surface area contributed by atoms with Crippen LogP contribution in [-0.4, -0.2) is 34.5 Å². The van der Waals surface area contributed by atoms with Gasteiger partial charge in [-0.05, 0) is 31.0 Å². The molecule has 1 aliphatic rings. The Labute approximate surface area is 106 Å². The summed E-state index contributed by atoms with van der Waals surface area (Å²) in [6.07, 6.45) is 4.60. The van der Waals surface area contributed by atoms with Gasteiger partial charge in [-0.1, -0.05) is 12.8 Å². The zero-order valence-electron chi connectivity index (χ0n) is 10.3. The van der Waals surface area contributed by atoms with E-state index in [9.17, 15) is 4.79 Å². The van der Waals surface area contributed by atoms with Gasteiger partial charge in [-0.15, -0.1) is 0 Å². The SMILES string of the molecule is COc1cc(C(=O)O)ccc1O.OC1CCCC1. The quantitative estimate of drug-likeness (QED) is 0.751. The van der Waals surface area contributed by atoms with Crippen molar-refractivity contribution < 1.29 is 24.9 Å². The monoisotopic (exact) mass is 254 g/mol. The van der Waals surface area contributed by atoms with Gasteiger partial charge in [-0.25, -0.2) is 4.79 Å². The van der Waals surface area contributed by atoms with Gasteiger partial charge in [0.15, 0.2) is 11.5 Å². The van der Waals surface area contributed by atoms with Crippen LogP contribution in [0.4, 0.5) is 0 Å². The van der Waals surface area contributed by atoms with Gasteiger partial charge in [0.05, 0.1) is 18.8 Å². The Bertz CT molecular complexity index is 396. The number of hydrogen-bond donors (Lipinski definition) is 3. The number of phenols is 1. The summed E-state index contributed by atoms with van der Waals surface area (Å²) in [6.45, 7) is 0. The van der Waals surface area contributed by atoms with Gasteiger partial charge in [0.2, 0.25) is 0 Å². The molecule has 1 aromatic rings. The fourth-order valence-corrected chi connectivity index (χ4v) is 1.71. The van der Waals surface area contributed by atoms with E-state index in [0.717, 1.165) is 12.8 Å². The number of hydrogen-bond acceptors (Lipinski definition) is 4. The Morgan fingerprint density at radius 2 is 1.94 bits per heavy atom. The Kier molecular flexibility index (Phi) is 5.45. The highest BCUT2D eigenvalue weighted by Gasteiger charge is 2.09. The van der Waals surface area contributed by atoms with Crippen LogP contribution in [0.25, 0.3) is 0 Å². The van der Waals surface area contributed by atoms with Crippen molar-refractivity contribution in [3.05, 3.63) is 23.8 Å². The molecule has 1 fully saturated rings. The highest BCUT2D eigenvalue weighted by molar-refractivity contribution is 5.88. The molecule has 0 aromatic heterocycles. The van der Waals surface area contributed by atoms with Gasteiger partial charge in [0, 0.05) is 0 Å². The molecule has 1 aliphatic carbocycles. The normalized spacial score (nSPS) is 14.8. The number of carboxylic acids is 1. The maximum absolute atomic E-state index is 10.4. The van der Waals surface area contributed by atoms with Crippen LogP contribution >= 0.6 is 0 Å². The fraction of sp³-hybridized carbons (Fsp3) is 0.462. The highest BCUT2D eigenvalue weighted by atomic mass is 16.5. The minimum atomic E-state index is -1.05. The lowest BCUT2D eigenvalue weighted by molar-refractivity contribution is 0.0696. The molecule has 1 aromatic carbocycles. The third kappa shape index (κ3) is 4.25. The molecular weight excluding hydrogens is 236 g/mol. The van der Waals surface area contributed by atoms with Crippen molar-refractivity contribution >= 4 is 5.97 Å². The number of methoxy groups -OCH3 is 1. The van der Waals surface area contributed by atoms with E-state index in [-0.39, 0.29) is 23.2 Å². The van der Waals surface area contributed by atoms with Crippen LogP contribution in [0.1, 0.15) is 36.0 Å². The van der Waals surface area contributed by atoms with Crippen LogP contribution in [-0.2, 0) is 0 Å². The summed E-state index contributed by atoms with van der Waals surface area (Å²) < 4.78 is 4.72. The number of benzene rings is 1. The van der Waals surface area contributed by atoms with Crippen LogP contribution in [0.2, 0.25) is 0 Å². The smallest absolute Gasteiger partial charge is 0.335 e. The first-order chi connectivity index (χ1) is 8.54. The number of aromatic carboxylic acids is 1. The molecule has 0 bridgehead atoms. The number of aliphatic hydroxyl groups excluding tert-OH is 1. The van der Waals surface area contributed by atoms with Crippen LogP contribution in [0.5, 0.6) is 11.5 Å². The van der Waals surface area contributed by atoms with Crippen molar-refractivity contribution in [2.45, 2.75) is 31.8 Å². The van der Waals surface area contributed by atoms with Gasteiger partial charge in [-0.2, -0.15) is 0 Å². The summed E-state index contributed by atoms with van der Waals surface area (Å²) in [4.78, 5) is 10.4. The molecule has 18 heavy (non-hydrogen) atoms. The number of phenolic OH excluding ortho intramolecular Hbond substituents is 1. The van der Waals surface area contributed by atoms with Crippen molar-refractivity contribution in [1.82, 2.24) is 0 Å². The molecule has 0 saturated heterocycles. The summed E-state index contributed by atoms with van der Waals surface area (Å²) >= 11 is 0. The summed E-state index contributed by atoms with van der Waals surface area (Å²) in [5, 5.41) is 26.4. The maximum atomic E-state index is 10.4. The lowest BCUT2D eigenvalue weighted by atomic mass is 10.2. The molecule has 5 nitrogen and oxygen atoms in total. The first-order valence-electron chi connectivity index (χ1n) is 5.83. The van der Waals surface area contributed by atoms with Crippen LogP contribution in [0, 0.1) is 0 Å². The molecule has 0 heterocycles. The van der Waals surface area contributed by atoms with Crippen molar-refractivity contribution in [2.24, 2.45) is 0 Å². The minimum Gasteiger partial charge on any atom is -0.504 e. The largest absolute Gasteiger partial charge is 0.504 e. The van der Waals surface area contributed by atoms with Crippen molar-refractivity contribution in [3.8, 4) is 11.5 Å². The van der Waals surface area contributed by atoms with E-state index in [0.29, 0.717) is 0 Å². The molecular formula is C13H18O5. The lowest BCUT2D eigenvalue weighted by Gasteiger charge is -2.02. The molecule has 0 atom stereocenters. The Morgan fingerprint density at radius 1 is 1.33 bits per heavy atom. The standard InChI is InChI=1S/C8H8O4.C5H10O/c1-12-7-4-5(8(10)11)2-3-6(7)9;6-5-3-1-2-4-5/h2-4,9H,1H3,(H,10,11);5-6H,1-4H2. The van der Waals surface area contributed by atoms with Crippen LogP contribution < -0.4 is 4.74 Å². The second-order valence-electron chi connectivity index (χ2n) is 4.13. The number of aromatic hydroxyl groups is 1. The molecule has 1 saturated carbocycles. The number of aliphatic hydroxyl groups is 1. The Morgan fingerprint density at radius 3 is 2.33 bits per heavy atom. The second kappa shape index (κ2) is 6.86. The van der Waals surface area contributed by atoms with Crippen molar-refractivity contribution in [1.29, 1.82) is 0 Å². The second-order valence-corrected chi connectivity index (χ2v) is 4.13. The summed E-state index contributed by atoms with van der Waals surface area (Å²) in [6, 6.07) is 3.85. The molecule has 0 amide bonds. The molecule has 5 heteroatoms. The zero-order chi connectivity index (χ0) is 13.5. The Balaban J connectivity index is 0.000000225. The number of rotatable bonds is 2. The average molecular weight is 254 g/mol. The van der Waals surface area contributed by atoms with E-state index in [1.165, 1.54) is 38.2 Å². The number of carboxylic acid groups (broad SMARTS) is 1. The third-order valence-electron chi connectivity index (χ3n) is 2.75. The number of carbonyl (C=O) groups is 1. The van der Waals surface area contributed by atoms with E-state index < -0.39 is 5.97 Å². The van der Waals surface area contributed by atoms with Crippen LogP contribution in [0.3, 0.4) is 0 Å². The average Bonchev–Trinajstić information content (AvgIpc) is 2.81.